The highest BCUT2D eigenvalue weighted by atomic mass is 16.7. The topological polar surface area (TPSA) is 92.5 Å². The lowest BCUT2D eigenvalue weighted by molar-refractivity contribution is -0.199. The highest BCUT2D eigenvalue weighted by molar-refractivity contribution is 6.48. The predicted octanol–water partition coefficient (Wildman–Crippen LogP) is 6.11. The Labute approximate surface area is 267 Å². The third kappa shape index (κ3) is 5.42. The maximum absolute atomic E-state index is 14.3. The Kier molecular flexibility index (Phi) is 7.88. The van der Waals surface area contributed by atoms with Gasteiger partial charge in [0.25, 0.3) is 0 Å². The lowest BCUT2D eigenvalue weighted by Crippen LogP contribution is -2.65. The number of aryl methyl sites for hydroxylation is 1. The molecule has 2 amide bonds. The van der Waals surface area contributed by atoms with Gasteiger partial charge in [0.1, 0.15) is 6.04 Å². The van der Waals surface area contributed by atoms with Gasteiger partial charge in [-0.05, 0) is 91.4 Å². The molecule has 1 aromatic heterocycles. The molecule has 45 heavy (non-hydrogen) atoms. The maximum atomic E-state index is 14.3. The Hall–Kier alpha value is -3.10. The zero-order valence-electron chi connectivity index (χ0n) is 27.4. The quantitative estimate of drug-likeness (QED) is 0.255. The Bertz CT molecular complexity index is 1580. The molecule has 4 aliphatic carbocycles. The van der Waals surface area contributed by atoms with Crippen LogP contribution in [0.2, 0.25) is 0 Å². The summed E-state index contributed by atoms with van der Waals surface area (Å²) in [6.07, 6.45) is 8.01. The molecule has 5 aliphatic rings. The number of H-pyrrole nitrogens is 1. The lowest BCUT2D eigenvalue weighted by atomic mass is 9.43. The smallest absolute Gasteiger partial charge is 0.404 e. The van der Waals surface area contributed by atoms with Crippen molar-refractivity contribution in [1.82, 2.24) is 15.6 Å². The normalized spacial score (nSPS) is 29.4. The second-order valence-electron chi connectivity index (χ2n) is 15.4. The Morgan fingerprint density at radius 1 is 1.04 bits per heavy atom. The summed E-state index contributed by atoms with van der Waals surface area (Å²) in [4.78, 5) is 31.6. The van der Waals surface area contributed by atoms with E-state index in [1.807, 2.05) is 36.5 Å². The van der Waals surface area contributed by atoms with E-state index in [9.17, 15) is 9.59 Å². The summed E-state index contributed by atoms with van der Waals surface area (Å²) in [7, 11) is -0.517. The maximum Gasteiger partial charge on any atom is 0.481 e. The minimum atomic E-state index is -0.744. The first-order chi connectivity index (χ1) is 21.5. The number of aromatic nitrogens is 1. The van der Waals surface area contributed by atoms with Crippen molar-refractivity contribution in [3.63, 3.8) is 0 Å². The molecule has 3 aromatic rings. The van der Waals surface area contributed by atoms with Crippen LogP contribution in [-0.2, 0) is 31.7 Å². The number of aromatic amines is 1. The third-order valence-electron chi connectivity index (χ3n) is 11.8. The van der Waals surface area contributed by atoms with Crippen LogP contribution in [-0.4, -0.2) is 47.6 Å². The number of hydrogen-bond acceptors (Lipinski definition) is 4. The van der Waals surface area contributed by atoms with Gasteiger partial charge in [0, 0.05) is 23.5 Å². The molecule has 4 fully saturated rings. The molecule has 0 radical (unpaired) electrons. The molecule has 8 heteroatoms. The zero-order valence-corrected chi connectivity index (χ0v) is 27.4. The minimum absolute atomic E-state index is 0.0407. The number of carbonyl (C=O) groups is 2. The first-order valence-electron chi connectivity index (χ1n) is 17.1. The lowest BCUT2D eigenvalue weighted by Gasteiger charge is -2.64. The summed E-state index contributed by atoms with van der Waals surface area (Å²) in [5.41, 5.74) is 4.22. The number of carbonyl (C=O) groups excluding carboxylic acids is 2. The molecule has 3 N–H and O–H groups in total. The van der Waals surface area contributed by atoms with E-state index < -0.39 is 13.2 Å². The second-order valence-corrected chi connectivity index (χ2v) is 15.4. The SMILES string of the molecule is CC(C)C[C@H](NC(=O)[C@H](Cc1c[nH]c2ccccc12)NC(=O)[C@H]1CCCc2ccccc21)B1O[C@@H]2CC3CC(C3(C)C)[C@@]2(C)O1. The highest BCUT2D eigenvalue weighted by Gasteiger charge is 2.68. The molecule has 2 bridgehead atoms. The van der Waals surface area contributed by atoms with Gasteiger partial charge in [-0.3, -0.25) is 9.59 Å². The summed E-state index contributed by atoms with van der Waals surface area (Å²) in [5, 5.41) is 7.62. The van der Waals surface area contributed by atoms with E-state index in [1.54, 1.807) is 0 Å². The summed E-state index contributed by atoms with van der Waals surface area (Å²) in [6, 6.07) is 15.6. The van der Waals surface area contributed by atoms with Gasteiger partial charge in [-0.2, -0.15) is 0 Å². The Morgan fingerprint density at radius 2 is 1.82 bits per heavy atom. The molecule has 0 spiro atoms. The summed E-state index contributed by atoms with van der Waals surface area (Å²) < 4.78 is 13.5. The predicted molar refractivity (Wildman–Crippen MR) is 178 cm³/mol. The van der Waals surface area contributed by atoms with Crippen molar-refractivity contribution >= 4 is 29.8 Å². The van der Waals surface area contributed by atoms with Gasteiger partial charge in [-0.1, -0.05) is 70.2 Å². The van der Waals surface area contributed by atoms with Crippen molar-refractivity contribution in [1.29, 1.82) is 0 Å². The molecule has 8 rings (SSSR count). The summed E-state index contributed by atoms with van der Waals surface area (Å²) in [5.74, 6) is 0.556. The van der Waals surface area contributed by atoms with Crippen LogP contribution in [0, 0.1) is 23.2 Å². The molecule has 7 nitrogen and oxygen atoms in total. The van der Waals surface area contributed by atoms with Crippen molar-refractivity contribution in [2.45, 2.75) is 109 Å². The number of hydrogen-bond donors (Lipinski definition) is 3. The molecule has 1 aliphatic heterocycles. The molecular formula is C37H48BN3O4. The van der Waals surface area contributed by atoms with Crippen LogP contribution in [0.25, 0.3) is 10.9 Å². The summed E-state index contributed by atoms with van der Waals surface area (Å²) in [6.45, 7) is 11.3. The van der Waals surface area contributed by atoms with Crippen LogP contribution < -0.4 is 10.6 Å². The highest BCUT2D eigenvalue weighted by Crippen LogP contribution is 2.65. The molecule has 2 aromatic carbocycles. The molecule has 2 heterocycles. The number of nitrogens with one attached hydrogen (secondary N) is 3. The van der Waals surface area contributed by atoms with E-state index in [4.69, 9.17) is 9.31 Å². The van der Waals surface area contributed by atoms with Crippen LogP contribution in [0.1, 0.15) is 89.3 Å². The first-order valence-corrected chi connectivity index (χ1v) is 17.1. The molecular weight excluding hydrogens is 561 g/mol. The largest absolute Gasteiger partial charge is 0.481 e. The van der Waals surface area contributed by atoms with Crippen LogP contribution >= 0.6 is 0 Å². The number of para-hydroxylation sites is 1. The molecule has 238 valence electrons. The fourth-order valence-electron chi connectivity index (χ4n) is 9.13. The van der Waals surface area contributed by atoms with Crippen molar-refractivity contribution in [2.75, 3.05) is 0 Å². The Morgan fingerprint density at radius 3 is 2.62 bits per heavy atom. The fraction of sp³-hybridized carbons (Fsp3) is 0.568. The second kappa shape index (κ2) is 11.6. The van der Waals surface area contributed by atoms with Gasteiger partial charge < -0.3 is 24.9 Å². The number of benzene rings is 2. The van der Waals surface area contributed by atoms with Gasteiger partial charge in [-0.15, -0.1) is 0 Å². The number of fused-ring (bicyclic) bond motifs is 2. The van der Waals surface area contributed by atoms with Crippen LogP contribution in [0.3, 0.4) is 0 Å². The third-order valence-corrected chi connectivity index (χ3v) is 11.8. The van der Waals surface area contributed by atoms with Gasteiger partial charge in [0.15, 0.2) is 0 Å². The molecule has 2 unspecified atom stereocenters. The van der Waals surface area contributed by atoms with Crippen molar-refractivity contribution in [3.8, 4) is 0 Å². The fourth-order valence-corrected chi connectivity index (χ4v) is 9.13. The standard InChI is InChI=1S/C37H48BN3O4/c1-22(2)17-33(38-44-32-20-25-19-31(36(25,3)4)37(32,5)45-38)41-35(43)30(18-24-21-39-29-16-9-8-14-27(24)29)40-34(42)28-15-10-12-23-11-6-7-13-26(23)28/h6-9,11,13-14,16,21-22,25,28,30-33,39H,10,12,15,17-20H2,1-5H3,(H,40,42)(H,41,43)/t25?,28-,30-,31?,32+,33-,37+/m0/s1. The average molecular weight is 610 g/mol. The van der Waals surface area contributed by atoms with Crippen molar-refractivity contribution < 1.29 is 18.9 Å². The van der Waals surface area contributed by atoms with E-state index in [0.717, 1.165) is 54.1 Å². The van der Waals surface area contributed by atoms with Gasteiger partial charge in [0.2, 0.25) is 11.8 Å². The molecule has 1 saturated heterocycles. The van der Waals surface area contributed by atoms with Crippen molar-refractivity contribution in [3.05, 3.63) is 71.4 Å². The van der Waals surface area contributed by atoms with E-state index >= 15 is 0 Å². The molecule has 3 saturated carbocycles. The van der Waals surface area contributed by atoms with Crippen LogP contribution in [0.5, 0.6) is 0 Å². The zero-order chi connectivity index (χ0) is 31.5. The van der Waals surface area contributed by atoms with E-state index in [0.29, 0.717) is 24.2 Å². The van der Waals surface area contributed by atoms with Gasteiger partial charge in [0.05, 0.1) is 23.6 Å². The van der Waals surface area contributed by atoms with Crippen LogP contribution in [0.4, 0.5) is 0 Å². The number of amides is 2. The van der Waals surface area contributed by atoms with Gasteiger partial charge in [-0.25, -0.2) is 0 Å². The summed E-state index contributed by atoms with van der Waals surface area (Å²) >= 11 is 0. The van der Waals surface area contributed by atoms with E-state index in [-0.39, 0.29) is 40.8 Å². The number of rotatable bonds is 9. The van der Waals surface area contributed by atoms with E-state index in [2.05, 4.69) is 68.4 Å². The molecule has 7 atom stereocenters. The van der Waals surface area contributed by atoms with Crippen LogP contribution in [0.15, 0.2) is 54.7 Å². The Balaban J connectivity index is 1.14. The first kappa shape index (κ1) is 30.6. The monoisotopic (exact) mass is 609 g/mol. The van der Waals surface area contributed by atoms with Gasteiger partial charge >= 0.3 is 7.12 Å². The van der Waals surface area contributed by atoms with E-state index in [1.165, 1.54) is 12.0 Å². The van der Waals surface area contributed by atoms with Crippen molar-refractivity contribution in [2.24, 2.45) is 23.2 Å². The average Bonchev–Trinajstić information content (AvgIpc) is 3.60. The minimum Gasteiger partial charge on any atom is -0.404 e.